The maximum Gasteiger partial charge on any atom is 0.414 e. The molecule has 12 nitrogen and oxygen atoms in total. The summed E-state index contributed by atoms with van der Waals surface area (Å²) in [5.74, 6) is -3.65. The fourth-order valence-electron chi connectivity index (χ4n) is 4.70. The normalized spacial score (nSPS) is 21.4. The van der Waals surface area contributed by atoms with Crippen molar-refractivity contribution in [1.29, 1.82) is 0 Å². The molecule has 0 aromatic heterocycles. The van der Waals surface area contributed by atoms with Crippen LogP contribution in [0.2, 0.25) is 0 Å². The Morgan fingerprint density at radius 3 is 1.03 bits per heavy atom. The van der Waals surface area contributed by atoms with Gasteiger partial charge in [0.2, 0.25) is 0 Å². The quantitative estimate of drug-likeness (QED) is 0.335. The smallest absolute Gasteiger partial charge is 0.414 e. The van der Waals surface area contributed by atoms with E-state index in [1.807, 2.05) is 51.3 Å². The topological polar surface area (TPSA) is 158 Å². The first kappa shape index (κ1) is 31.6. The van der Waals surface area contributed by atoms with Crippen LogP contribution in [0.25, 0.3) is 0 Å². The summed E-state index contributed by atoms with van der Waals surface area (Å²) in [6.07, 6.45) is 6.43. The van der Waals surface area contributed by atoms with E-state index < -0.39 is 11.9 Å². The van der Waals surface area contributed by atoms with E-state index >= 15 is 0 Å². The summed E-state index contributed by atoms with van der Waals surface area (Å²) in [5, 5.41) is 21.8. The monoisotopic (exact) mass is 542 g/mol. The summed E-state index contributed by atoms with van der Waals surface area (Å²) in [7, 11) is 0. The van der Waals surface area contributed by atoms with E-state index in [2.05, 4.69) is 10.6 Å². The van der Waals surface area contributed by atoms with Crippen LogP contribution in [0.4, 0.5) is 9.59 Å². The molecule has 0 saturated carbocycles. The van der Waals surface area contributed by atoms with Crippen LogP contribution in [-0.2, 0) is 19.1 Å². The lowest BCUT2D eigenvalue weighted by Gasteiger charge is -2.48. The Bertz CT molecular complexity index is 766. The molecule has 38 heavy (non-hydrogen) atoms. The number of hydrogen-bond acceptors (Lipinski definition) is 8. The molecule has 4 aliphatic rings. The largest absolute Gasteiger partial charge is 0.473 e. The Hall–Kier alpha value is -2.60. The molecule has 2 amide bonds. The number of carboxylic acid groups (broad SMARTS) is 2. The average Bonchev–Trinajstić information content (AvgIpc) is 2.75. The first-order valence-corrected chi connectivity index (χ1v) is 13.4. The Kier molecular flexibility index (Phi) is 10.4. The molecular formula is C26H46N4O8. The number of likely N-dealkylation sites (tertiary alicyclic amines) is 2. The minimum absolute atomic E-state index is 0.165. The van der Waals surface area contributed by atoms with Crippen LogP contribution in [0, 0.1) is 0 Å². The van der Waals surface area contributed by atoms with Crippen molar-refractivity contribution in [2.75, 3.05) is 39.3 Å². The standard InChI is InChI=1S/2C12H22N2O2.C2H2O4/c2*1-11(2,3)16-10(15)14-8-5-12(6-9-14)4-7-13-12;3-1(4)2(5)6/h2*13H,4-9H2,1-3H3;(H,3,4)(H,5,6). The van der Waals surface area contributed by atoms with Crippen LogP contribution in [-0.4, -0.2) is 106 Å². The Morgan fingerprint density at radius 1 is 0.605 bits per heavy atom. The molecule has 4 fully saturated rings. The van der Waals surface area contributed by atoms with E-state index in [-0.39, 0.29) is 23.4 Å². The van der Waals surface area contributed by atoms with Crippen molar-refractivity contribution in [2.24, 2.45) is 0 Å². The van der Waals surface area contributed by atoms with Gasteiger partial charge >= 0.3 is 24.1 Å². The molecular weight excluding hydrogens is 496 g/mol. The summed E-state index contributed by atoms with van der Waals surface area (Å²) >= 11 is 0. The highest BCUT2D eigenvalue weighted by Crippen LogP contribution is 2.32. The van der Waals surface area contributed by atoms with Gasteiger partial charge in [-0.05, 0) is 93.2 Å². The molecule has 0 aromatic carbocycles. The van der Waals surface area contributed by atoms with E-state index in [1.54, 1.807) is 0 Å². The minimum atomic E-state index is -1.82. The second kappa shape index (κ2) is 12.5. The van der Waals surface area contributed by atoms with Crippen molar-refractivity contribution >= 4 is 24.1 Å². The van der Waals surface area contributed by atoms with Crippen LogP contribution in [0.5, 0.6) is 0 Å². The van der Waals surface area contributed by atoms with Gasteiger partial charge in [0.05, 0.1) is 0 Å². The van der Waals surface area contributed by atoms with Gasteiger partial charge in [0.25, 0.3) is 0 Å². The zero-order valence-corrected chi connectivity index (χ0v) is 23.7. The van der Waals surface area contributed by atoms with E-state index in [0.717, 1.165) is 65.0 Å². The second-order valence-corrected chi connectivity index (χ2v) is 12.5. The molecule has 218 valence electrons. The Labute approximate surface area is 225 Å². The van der Waals surface area contributed by atoms with Gasteiger partial charge in [-0.1, -0.05) is 0 Å². The van der Waals surface area contributed by atoms with Crippen LogP contribution >= 0.6 is 0 Å². The molecule has 0 bridgehead atoms. The molecule has 4 N–H and O–H groups in total. The maximum atomic E-state index is 11.8. The number of carbonyl (C=O) groups is 4. The van der Waals surface area contributed by atoms with Gasteiger partial charge in [0, 0.05) is 37.3 Å². The lowest BCUT2D eigenvalue weighted by atomic mass is 9.79. The average molecular weight is 543 g/mol. The molecule has 2 spiro atoms. The summed E-state index contributed by atoms with van der Waals surface area (Å²) in [4.78, 5) is 45.5. The summed E-state index contributed by atoms with van der Waals surface area (Å²) < 4.78 is 10.7. The number of hydrogen-bond donors (Lipinski definition) is 4. The van der Waals surface area contributed by atoms with Gasteiger partial charge in [-0.3, -0.25) is 0 Å². The van der Waals surface area contributed by atoms with Gasteiger partial charge < -0.3 is 40.1 Å². The highest BCUT2D eigenvalue weighted by atomic mass is 16.6. The van der Waals surface area contributed by atoms with Crippen molar-refractivity contribution in [2.45, 2.75) is 102 Å². The molecule has 4 heterocycles. The van der Waals surface area contributed by atoms with E-state index in [1.165, 1.54) is 12.8 Å². The molecule has 4 aliphatic heterocycles. The number of piperidine rings is 2. The van der Waals surface area contributed by atoms with Crippen molar-refractivity contribution in [3.63, 3.8) is 0 Å². The van der Waals surface area contributed by atoms with Gasteiger partial charge in [0.1, 0.15) is 11.2 Å². The third-order valence-electron chi connectivity index (χ3n) is 7.13. The van der Waals surface area contributed by atoms with Crippen molar-refractivity contribution in [3.05, 3.63) is 0 Å². The van der Waals surface area contributed by atoms with Crippen LogP contribution in [0.3, 0.4) is 0 Å². The van der Waals surface area contributed by atoms with Gasteiger partial charge in [0.15, 0.2) is 0 Å². The van der Waals surface area contributed by atoms with Gasteiger partial charge in [-0.15, -0.1) is 0 Å². The van der Waals surface area contributed by atoms with E-state index in [4.69, 9.17) is 29.3 Å². The molecule has 0 aromatic rings. The number of nitrogens with zero attached hydrogens (tertiary/aromatic N) is 2. The number of rotatable bonds is 0. The molecule has 0 radical (unpaired) electrons. The van der Waals surface area contributed by atoms with Crippen LogP contribution < -0.4 is 10.6 Å². The number of carboxylic acids is 2. The molecule has 0 aliphatic carbocycles. The summed E-state index contributed by atoms with van der Waals surface area (Å²) in [6.45, 7) is 17.0. The van der Waals surface area contributed by atoms with Crippen molar-refractivity contribution in [1.82, 2.24) is 20.4 Å². The third-order valence-corrected chi connectivity index (χ3v) is 7.13. The zero-order chi connectivity index (χ0) is 28.8. The Balaban J connectivity index is 0.000000221. The highest BCUT2D eigenvalue weighted by Gasteiger charge is 2.41. The Morgan fingerprint density at radius 2 is 0.868 bits per heavy atom. The second-order valence-electron chi connectivity index (χ2n) is 12.5. The first-order valence-electron chi connectivity index (χ1n) is 13.4. The number of carbonyl (C=O) groups excluding carboxylic acids is 2. The predicted molar refractivity (Wildman–Crippen MR) is 140 cm³/mol. The highest BCUT2D eigenvalue weighted by molar-refractivity contribution is 6.27. The maximum absolute atomic E-state index is 11.8. The van der Waals surface area contributed by atoms with Crippen molar-refractivity contribution < 1.29 is 38.9 Å². The molecule has 4 rings (SSSR count). The summed E-state index contributed by atoms with van der Waals surface area (Å²) in [6, 6.07) is 0. The number of amides is 2. The lowest BCUT2D eigenvalue weighted by Crippen LogP contribution is -2.62. The fraction of sp³-hybridized carbons (Fsp3) is 0.846. The zero-order valence-electron chi connectivity index (χ0n) is 23.7. The van der Waals surface area contributed by atoms with Crippen LogP contribution in [0.15, 0.2) is 0 Å². The van der Waals surface area contributed by atoms with Gasteiger partial charge in [-0.25, -0.2) is 19.2 Å². The number of nitrogens with one attached hydrogen (secondary N) is 2. The molecule has 0 unspecified atom stereocenters. The van der Waals surface area contributed by atoms with Crippen molar-refractivity contribution in [3.8, 4) is 0 Å². The molecule has 4 saturated heterocycles. The first-order chi connectivity index (χ1) is 17.4. The lowest BCUT2D eigenvalue weighted by molar-refractivity contribution is -0.159. The predicted octanol–water partition coefficient (Wildman–Crippen LogP) is 2.65. The number of ether oxygens (including phenoxy) is 2. The summed E-state index contributed by atoms with van der Waals surface area (Å²) in [5.41, 5.74) is -0.0844. The fourth-order valence-corrected chi connectivity index (χ4v) is 4.70. The van der Waals surface area contributed by atoms with E-state index in [0.29, 0.717) is 11.1 Å². The van der Waals surface area contributed by atoms with E-state index in [9.17, 15) is 9.59 Å². The van der Waals surface area contributed by atoms with Gasteiger partial charge in [-0.2, -0.15) is 0 Å². The van der Waals surface area contributed by atoms with Crippen LogP contribution in [0.1, 0.15) is 80.1 Å². The minimum Gasteiger partial charge on any atom is -0.473 e. The third kappa shape index (κ3) is 9.94. The molecule has 0 atom stereocenters. The molecule has 12 heteroatoms. The number of aliphatic carboxylic acids is 2. The SMILES string of the molecule is CC(C)(C)OC(=O)N1CCC2(CCN2)CC1.CC(C)(C)OC(=O)N1CCC2(CCN2)CC1.O=C(O)C(=O)O.